The third kappa shape index (κ3) is 3.76. The Hall–Kier alpha value is -2.01. The van der Waals surface area contributed by atoms with E-state index in [9.17, 15) is 10.2 Å². The molecular weight excluding hydrogens is 268 g/mol. The van der Waals surface area contributed by atoms with E-state index in [1.165, 1.54) is 6.08 Å². The number of phenolic OH excluding ortho intramolecular Hbond substituents is 1. The first-order valence-electron chi connectivity index (χ1n) is 7.35. The molecule has 2 N–H and O–H groups in total. The van der Waals surface area contributed by atoms with Crippen LogP contribution < -0.4 is 4.84 Å². The third-order valence-corrected chi connectivity index (χ3v) is 3.36. The van der Waals surface area contributed by atoms with E-state index in [1.807, 2.05) is 12.1 Å². The average molecular weight is 290 g/mol. The van der Waals surface area contributed by atoms with Crippen LogP contribution in [0.3, 0.4) is 0 Å². The second kappa shape index (κ2) is 7.13. The van der Waals surface area contributed by atoms with Crippen LogP contribution in [0.5, 0.6) is 11.5 Å². The zero-order valence-electron chi connectivity index (χ0n) is 12.5. The molecule has 0 bridgehead atoms. The Kier molecular flexibility index (Phi) is 5.22. The maximum atomic E-state index is 10.4. The fourth-order valence-electron chi connectivity index (χ4n) is 2.41. The monoisotopic (exact) mass is 290 g/mol. The molecule has 1 heterocycles. The molecule has 0 amide bonds. The van der Waals surface area contributed by atoms with Crippen molar-refractivity contribution in [2.24, 2.45) is 5.16 Å². The molecule has 0 atom stereocenters. The van der Waals surface area contributed by atoms with Gasteiger partial charge in [0.1, 0.15) is 0 Å². The number of rotatable bonds is 6. The first-order valence-corrected chi connectivity index (χ1v) is 7.35. The smallest absolute Gasteiger partial charge is 0.248 e. The molecular formula is C16H22N2O3. The molecule has 0 saturated heterocycles. The van der Waals surface area contributed by atoms with Gasteiger partial charge in [0.2, 0.25) is 11.6 Å². The number of aliphatic hydroxyl groups excluding tert-OH is 1. The third-order valence-electron chi connectivity index (χ3n) is 3.36. The van der Waals surface area contributed by atoms with Gasteiger partial charge in [-0.3, -0.25) is 4.90 Å². The van der Waals surface area contributed by atoms with Crippen LogP contribution in [-0.4, -0.2) is 34.1 Å². The lowest BCUT2D eigenvalue weighted by Gasteiger charge is -2.22. The van der Waals surface area contributed by atoms with E-state index in [2.05, 4.69) is 23.9 Å². The number of hydrogen-bond acceptors (Lipinski definition) is 4. The molecule has 0 fully saturated rings. The molecule has 1 aliphatic heterocycles. The first-order chi connectivity index (χ1) is 10.2. The lowest BCUT2D eigenvalue weighted by atomic mass is 10.1. The van der Waals surface area contributed by atoms with Crippen LogP contribution in [0.4, 0.5) is 0 Å². The Labute approximate surface area is 125 Å². The van der Waals surface area contributed by atoms with Crippen molar-refractivity contribution in [3.63, 3.8) is 0 Å². The quantitative estimate of drug-likeness (QED) is 0.843. The van der Waals surface area contributed by atoms with Crippen molar-refractivity contribution < 1.29 is 15.1 Å². The SMILES string of the molecule is CCCN(CCC)Cc1ccc2c(c1O)ON=C(O)C=C2. The molecule has 21 heavy (non-hydrogen) atoms. The van der Waals surface area contributed by atoms with Gasteiger partial charge in [0, 0.05) is 23.7 Å². The zero-order valence-corrected chi connectivity index (χ0v) is 12.5. The summed E-state index contributed by atoms with van der Waals surface area (Å²) in [6, 6.07) is 3.76. The summed E-state index contributed by atoms with van der Waals surface area (Å²) in [5.74, 6) is 0.166. The molecule has 0 unspecified atom stereocenters. The standard InChI is InChI=1S/C16H22N2O3/c1-3-9-18(10-4-2)11-13-6-5-12-7-8-14(19)17-21-16(12)15(13)20/h5-8,20H,3-4,9-11H2,1-2H3,(H,17,19). The predicted octanol–water partition coefficient (Wildman–Crippen LogP) is 3.29. The molecule has 1 aromatic rings. The van der Waals surface area contributed by atoms with Crippen molar-refractivity contribution in [1.82, 2.24) is 4.90 Å². The fraction of sp³-hybridized carbons (Fsp3) is 0.438. The number of phenols is 1. The number of aliphatic hydroxyl groups is 1. The molecule has 0 saturated carbocycles. The highest BCUT2D eigenvalue weighted by molar-refractivity contribution is 5.91. The van der Waals surface area contributed by atoms with Gasteiger partial charge in [-0.1, -0.05) is 26.0 Å². The fourth-order valence-corrected chi connectivity index (χ4v) is 2.41. The van der Waals surface area contributed by atoms with E-state index >= 15 is 0 Å². The van der Waals surface area contributed by atoms with Gasteiger partial charge < -0.3 is 15.1 Å². The summed E-state index contributed by atoms with van der Waals surface area (Å²) >= 11 is 0. The minimum atomic E-state index is -0.217. The largest absolute Gasteiger partial charge is 0.504 e. The van der Waals surface area contributed by atoms with Gasteiger partial charge in [0.15, 0.2) is 5.75 Å². The van der Waals surface area contributed by atoms with Crippen molar-refractivity contribution in [3.8, 4) is 11.5 Å². The summed E-state index contributed by atoms with van der Waals surface area (Å²) < 4.78 is 0. The average Bonchev–Trinajstić information content (AvgIpc) is 2.65. The summed E-state index contributed by atoms with van der Waals surface area (Å²) in [7, 11) is 0. The van der Waals surface area contributed by atoms with Crippen LogP contribution in [0.15, 0.2) is 23.4 Å². The van der Waals surface area contributed by atoms with E-state index in [0.717, 1.165) is 31.5 Å². The van der Waals surface area contributed by atoms with Gasteiger partial charge in [-0.15, -0.1) is 0 Å². The van der Waals surface area contributed by atoms with Crippen LogP contribution in [-0.2, 0) is 6.54 Å². The van der Waals surface area contributed by atoms with Crippen molar-refractivity contribution in [2.75, 3.05) is 13.1 Å². The molecule has 1 aromatic carbocycles. The second-order valence-corrected chi connectivity index (χ2v) is 5.14. The topological polar surface area (TPSA) is 65.3 Å². The van der Waals surface area contributed by atoms with Crippen molar-refractivity contribution >= 4 is 12.0 Å². The Morgan fingerprint density at radius 1 is 1.10 bits per heavy atom. The lowest BCUT2D eigenvalue weighted by molar-refractivity contribution is 0.259. The number of hydrogen-bond donors (Lipinski definition) is 2. The Morgan fingerprint density at radius 3 is 2.48 bits per heavy atom. The maximum absolute atomic E-state index is 10.4. The summed E-state index contributed by atoms with van der Waals surface area (Å²) in [4.78, 5) is 7.44. The zero-order chi connectivity index (χ0) is 15.2. The van der Waals surface area contributed by atoms with Crippen molar-refractivity contribution in [2.45, 2.75) is 33.2 Å². The Balaban J connectivity index is 2.25. The maximum Gasteiger partial charge on any atom is 0.248 e. The van der Waals surface area contributed by atoms with E-state index in [-0.39, 0.29) is 11.6 Å². The van der Waals surface area contributed by atoms with Gasteiger partial charge in [0.25, 0.3) is 0 Å². The Bertz CT molecular complexity index is 547. The predicted molar refractivity (Wildman–Crippen MR) is 83.7 cm³/mol. The molecule has 0 aromatic heterocycles. The highest BCUT2D eigenvalue weighted by atomic mass is 16.6. The number of nitrogens with zero attached hydrogens (tertiary/aromatic N) is 2. The Morgan fingerprint density at radius 2 is 1.81 bits per heavy atom. The second-order valence-electron chi connectivity index (χ2n) is 5.14. The number of oxime groups is 1. The van der Waals surface area contributed by atoms with E-state index in [0.29, 0.717) is 17.9 Å². The first kappa shape index (κ1) is 15.4. The summed E-state index contributed by atoms with van der Waals surface area (Å²) in [5, 5.41) is 23.3. The highest BCUT2D eigenvalue weighted by Gasteiger charge is 2.17. The van der Waals surface area contributed by atoms with Crippen LogP contribution in [0.2, 0.25) is 0 Å². The van der Waals surface area contributed by atoms with Crippen LogP contribution in [0, 0.1) is 0 Å². The van der Waals surface area contributed by atoms with Crippen molar-refractivity contribution in [3.05, 3.63) is 29.3 Å². The van der Waals surface area contributed by atoms with Gasteiger partial charge in [-0.05, 0) is 37.2 Å². The van der Waals surface area contributed by atoms with Gasteiger partial charge in [-0.25, -0.2) is 0 Å². The van der Waals surface area contributed by atoms with Crippen molar-refractivity contribution in [1.29, 1.82) is 0 Å². The summed E-state index contributed by atoms with van der Waals surface area (Å²) in [6.45, 7) is 6.94. The van der Waals surface area contributed by atoms with E-state index in [4.69, 9.17) is 4.84 Å². The van der Waals surface area contributed by atoms with Gasteiger partial charge in [-0.2, -0.15) is 0 Å². The van der Waals surface area contributed by atoms with Gasteiger partial charge >= 0.3 is 0 Å². The minimum absolute atomic E-state index is 0.0906. The molecule has 0 spiro atoms. The number of aromatic hydroxyl groups is 1. The molecule has 5 heteroatoms. The lowest BCUT2D eigenvalue weighted by Crippen LogP contribution is -2.25. The van der Waals surface area contributed by atoms with E-state index < -0.39 is 0 Å². The molecule has 2 rings (SSSR count). The van der Waals surface area contributed by atoms with Crippen LogP contribution in [0.1, 0.15) is 37.8 Å². The number of benzene rings is 1. The molecule has 5 nitrogen and oxygen atoms in total. The van der Waals surface area contributed by atoms with Gasteiger partial charge in [0.05, 0.1) is 0 Å². The van der Waals surface area contributed by atoms with E-state index in [1.54, 1.807) is 6.08 Å². The van der Waals surface area contributed by atoms with Crippen LogP contribution >= 0.6 is 0 Å². The molecule has 1 aliphatic rings. The normalized spacial score (nSPS) is 13.6. The van der Waals surface area contributed by atoms with Crippen LogP contribution in [0.25, 0.3) is 6.08 Å². The molecule has 114 valence electrons. The molecule has 0 aliphatic carbocycles. The minimum Gasteiger partial charge on any atom is -0.504 e. The molecule has 0 radical (unpaired) electrons. The summed E-state index contributed by atoms with van der Waals surface area (Å²) in [5.41, 5.74) is 1.50. The summed E-state index contributed by atoms with van der Waals surface area (Å²) in [6.07, 6.45) is 5.25. The highest BCUT2D eigenvalue weighted by Crippen LogP contribution is 2.36. The number of fused-ring (bicyclic) bond motifs is 1.